The maximum atomic E-state index is 12.8. The highest BCUT2D eigenvalue weighted by Gasteiger charge is 2.36. The van der Waals surface area contributed by atoms with E-state index >= 15 is 0 Å². The van der Waals surface area contributed by atoms with E-state index in [4.69, 9.17) is 0 Å². The van der Waals surface area contributed by atoms with Crippen LogP contribution in [0.4, 0.5) is 0 Å². The van der Waals surface area contributed by atoms with Gasteiger partial charge in [-0.1, -0.05) is 18.2 Å². The first-order valence-electron chi connectivity index (χ1n) is 10.5. The van der Waals surface area contributed by atoms with Gasteiger partial charge in [-0.3, -0.25) is 14.7 Å². The van der Waals surface area contributed by atoms with Gasteiger partial charge in [-0.05, 0) is 49.1 Å². The second-order valence-corrected chi connectivity index (χ2v) is 10.4. The first-order chi connectivity index (χ1) is 15.4. The largest absolute Gasteiger partial charge is 0.350 e. The molecule has 3 aromatic rings. The van der Waals surface area contributed by atoms with Gasteiger partial charge in [0.05, 0.1) is 21.9 Å². The second-order valence-electron chi connectivity index (χ2n) is 8.16. The van der Waals surface area contributed by atoms with Gasteiger partial charge in [-0.25, -0.2) is 8.42 Å². The molecule has 1 amide bonds. The van der Waals surface area contributed by atoms with Gasteiger partial charge >= 0.3 is 0 Å². The third-order valence-corrected chi connectivity index (χ3v) is 8.14. The molecule has 0 radical (unpaired) electrons. The van der Waals surface area contributed by atoms with Gasteiger partial charge in [0.1, 0.15) is 0 Å². The third-order valence-electron chi connectivity index (χ3n) is 5.86. The summed E-state index contributed by atoms with van der Waals surface area (Å²) < 4.78 is 25.1. The number of H-pyrrole nitrogens is 2. The van der Waals surface area contributed by atoms with E-state index in [0.717, 1.165) is 11.1 Å². The van der Waals surface area contributed by atoms with E-state index in [9.17, 15) is 18.0 Å². The topological polar surface area (TPSA) is 125 Å². The number of pyridine rings is 1. The first kappa shape index (κ1) is 20.4. The lowest BCUT2D eigenvalue weighted by Crippen LogP contribution is -2.23. The molecular weight excluding hydrogens is 428 g/mol. The zero-order valence-corrected chi connectivity index (χ0v) is 18.0. The summed E-state index contributed by atoms with van der Waals surface area (Å²) in [5, 5.41) is 9.23. The highest BCUT2D eigenvalue weighted by Crippen LogP contribution is 2.34. The number of benzene rings is 1. The molecule has 1 aromatic carbocycles. The van der Waals surface area contributed by atoms with Crippen LogP contribution >= 0.6 is 0 Å². The van der Waals surface area contributed by atoms with E-state index in [1.807, 2.05) is 6.08 Å². The predicted octanol–water partition coefficient (Wildman–Crippen LogP) is 2.41. The number of rotatable bonds is 6. The Morgan fingerprint density at radius 1 is 1.03 bits per heavy atom. The van der Waals surface area contributed by atoms with Crippen LogP contribution in [0.5, 0.6) is 0 Å². The molecule has 32 heavy (non-hydrogen) atoms. The van der Waals surface area contributed by atoms with Gasteiger partial charge in [-0.15, -0.1) is 0 Å². The van der Waals surface area contributed by atoms with Gasteiger partial charge in [0.15, 0.2) is 9.84 Å². The summed E-state index contributed by atoms with van der Waals surface area (Å²) in [6.07, 6.45) is 7.67. The average Bonchev–Trinajstić information content (AvgIpc) is 3.37. The summed E-state index contributed by atoms with van der Waals surface area (Å²) in [6, 6.07) is 10.1. The fraction of sp³-hybridized carbons (Fsp3) is 0.261. The molecule has 0 unspecified atom stereocenters. The highest BCUT2D eigenvalue weighted by atomic mass is 32.2. The van der Waals surface area contributed by atoms with E-state index in [1.54, 1.807) is 48.8 Å². The summed E-state index contributed by atoms with van der Waals surface area (Å²) in [4.78, 5) is 27.7. The van der Waals surface area contributed by atoms with Crippen molar-refractivity contribution in [3.63, 3.8) is 0 Å². The molecule has 1 aliphatic carbocycles. The van der Waals surface area contributed by atoms with Crippen LogP contribution in [0.1, 0.15) is 36.9 Å². The molecule has 1 saturated heterocycles. The van der Waals surface area contributed by atoms with Crippen molar-refractivity contribution < 1.29 is 13.2 Å². The Hall–Kier alpha value is -3.46. The maximum absolute atomic E-state index is 12.8. The monoisotopic (exact) mass is 450 g/mol. The number of hydrogen-bond donors (Lipinski definition) is 3. The molecule has 2 aromatic heterocycles. The molecule has 0 bridgehead atoms. The summed E-state index contributed by atoms with van der Waals surface area (Å²) in [6.45, 7) is 0. The van der Waals surface area contributed by atoms with Gasteiger partial charge in [0.2, 0.25) is 5.91 Å². The smallest absolute Gasteiger partial charge is 0.256 e. The molecule has 1 atom stereocenters. The summed E-state index contributed by atoms with van der Waals surface area (Å²) in [7, 11) is -3.28. The van der Waals surface area contributed by atoms with Crippen molar-refractivity contribution in [1.29, 1.82) is 0 Å². The average molecular weight is 451 g/mol. The van der Waals surface area contributed by atoms with Crippen molar-refractivity contribution >= 4 is 21.3 Å². The van der Waals surface area contributed by atoms with Gasteiger partial charge in [-0.2, -0.15) is 5.10 Å². The van der Waals surface area contributed by atoms with Crippen LogP contribution in [-0.4, -0.2) is 40.8 Å². The number of amides is 1. The minimum atomic E-state index is -3.28. The number of nitrogens with zero attached hydrogens (tertiary/aromatic N) is 1. The van der Waals surface area contributed by atoms with Crippen molar-refractivity contribution in [1.82, 2.24) is 20.5 Å². The Morgan fingerprint density at radius 3 is 2.41 bits per heavy atom. The van der Waals surface area contributed by atoms with Crippen molar-refractivity contribution in [2.75, 3.05) is 0 Å². The van der Waals surface area contributed by atoms with Crippen LogP contribution in [-0.2, 0) is 14.6 Å². The molecule has 8 nitrogen and oxygen atoms in total. The zero-order valence-electron chi connectivity index (χ0n) is 17.2. The van der Waals surface area contributed by atoms with E-state index in [-0.39, 0.29) is 22.8 Å². The summed E-state index contributed by atoms with van der Waals surface area (Å²) in [5.74, 6) is -0.0136. The number of carbonyl (C=O) groups excluding carboxylic acids is 1. The number of carbonyl (C=O) groups is 1. The number of nitrogens with one attached hydrogen (secondary N) is 3. The Balaban J connectivity index is 1.54. The number of sulfone groups is 1. The zero-order chi connectivity index (χ0) is 22.3. The Morgan fingerprint density at radius 2 is 1.81 bits per heavy atom. The maximum Gasteiger partial charge on any atom is 0.256 e. The Kier molecular flexibility index (Phi) is 5.05. The van der Waals surface area contributed by atoms with Gasteiger partial charge in [0.25, 0.3) is 5.56 Å². The summed E-state index contributed by atoms with van der Waals surface area (Å²) >= 11 is 0. The van der Waals surface area contributed by atoms with Crippen LogP contribution in [0.3, 0.4) is 0 Å². The molecule has 2 fully saturated rings. The van der Waals surface area contributed by atoms with Gasteiger partial charge in [0, 0.05) is 35.5 Å². The van der Waals surface area contributed by atoms with Crippen LogP contribution in [0.2, 0.25) is 0 Å². The number of hydrogen-bond acceptors (Lipinski definition) is 5. The Bertz CT molecular complexity index is 1350. The lowest BCUT2D eigenvalue weighted by molar-refractivity contribution is -0.119. The second kappa shape index (κ2) is 7.90. The van der Waals surface area contributed by atoms with Crippen LogP contribution in [0.15, 0.2) is 64.6 Å². The van der Waals surface area contributed by atoms with Crippen LogP contribution < -0.4 is 10.9 Å². The molecule has 164 valence electrons. The van der Waals surface area contributed by atoms with Crippen molar-refractivity contribution in [3.8, 4) is 11.1 Å². The molecule has 3 heterocycles. The molecule has 1 aliphatic heterocycles. The third kappa shape index (κ3) is 3.91. The fourth-order valence-electron chi connectivity index (χ4n) is 3.96. The van der Waals surface area contributed by atoms with Crippen molar-refractivity contribution in [3.05, 3.63) is 76.5 Å². The Labute approximate surface area is 184 Å². The van der Waals surface area contributed by atoms with E-state index < -0.39 is 9.84 Å². The van der Waals surface area contributed by atoms with Crippen molar-refractivity contribution in [2.24, 2.45) is 0 Å². The van der Waals surface area contributed by atoms with Crippen LogP contribution in [0, 0.1) is 0 Å². The first-order valence-corrected chi connectivity index (χ1v) is 12.0. The quantitative estimate of drug-likeness (QED) is 0.532. The molecule has 3 N–H and O–H groups in total. The van der Waals surface area contributed by atoms with E-state index in [0.29, 0.717) is 47.4 Å². The molecule has 0 spiro atoms. The SMILES string of the molecule is O=C1CC[C@H](C=C(c2ccc(S(=O)(=O)C3CC3)cc2)c2ccc(-c3cn[nH]c3)c(=O)[nH]2)N1. The molecular formula is C23H22N4O4S. The fourth-order valence-corrected chi connectivity index (χ4v) is 5.61. The van der Waals surface area contributed by atoms with Crippen molar-refractivity contribution in [2.45, 2.75) is 41.9 Å². The highest BCUT2D eigenvalue weighted by molar-refractivity contribution is 7.92. The molecule has 5 rings (SSSR count). The molecule has 1 saturated carbocycles. The number of aromatic amines is 2. The standard InChI is InChI=1S/C23H22N4O4S/c28-22-10-3-16(26-22)11-20(14-1-4-17(5-2-14)32(30,31)18-6-7-18)21-9-8-19(23(29)27-21)15-12-24-25-13-15/h1-2,4-5,8-9,11-13,16,18H,3,6-7,10H2,(H,24,25)(H,26,28)(H,27,29)/t16-/m1/s1. The lowest BCUT2D eigenvalue weighted by atomic mass is 9.98. The lowest BCUT2D eigenvalue weighted by Gasteiger charge is -2.13. The van der Waals surface area contributed by atoms with E-state index in [2.05, 4.69) is 20.5 Å². The van der Waals surface area contributed by atoms with Crippen LogP contribution in [0.25, 0.3) is 16.7 Å². The number of aromatic nitrogens is 3. The molecule has 2 aliphatic rings. The summed E-state index contributed by atoms with van der Waals surface area (Å²) in [5.41, 5.74) is 2.97. The minimum Gasteiger partial charge on any atom is -0.350 e. The normalized spacial score (nSPS) is 19.2. The molecule has 9 heteroatoms. The minimum absolute atomic E-state index is 0.0136. The predicted molar refractivity (Wildman–Crippen MR) is 120 cm³/mol. The van der Waals surface area contributed by atoms with Gasteiger partial charge < -0.3 is 10.3 Å². The van der Waals surface area contributed by atoms with E-state index in [1.165, 1.54) is 0 Å².